The minimum atomic E-state index is -0.397. The lowest BCUT2D eigenvalue weighted by Gasteiger charge is -2.16. The molecule has 1 aliphatic rings. The SMILES string of the molecule is Nc1ccc(NC(=O)C2(c3ccccc3)CC2)c(Cl)c1. The molecule has 3 rings (SSSR count). The Hall–Kier alpha value is -2.00. The highest BCUT2D eigenvalue weighted by Crippen LogP contribution is 2.49. The number of nitrogen functional groups attached to an aromatic ring is 1. The molecule has 0 heterocycles. The smallest absolute Gasteiger partial charge is 0.235 e. The average molecular weight is 287 g/mol. The Bertz CT molecular complexity index is 651. The maximum atomic E-state index is 12.5. The highest BCUT2D eigenvalue weighted by Gasteiger charge is 2.51. The summed E-state index contributed by atoms with van der Waals surface area (Å²) in [5.74, 6) is -0.00429. The molecule has 0 spiro atoms. The number of halogens is 1. The lowest BCUT2D eigenvalue weighted by atomic mass is 9.95. The molecule has 1 fully saturated rings. The molecule has 0 unspecified atom stereocenters. The van der Waals surface area contributed by atoms with E-state index in [9.17, 15) is 4.79 Å². The standard InChI is InChI=1S/C16H15ClN2O/c17-13-10-12(18)6-7-14(13)19-15(20)16(8-9-16)11-4-2-1-3-5-11/h1-7,10H,8-9,18H2,(H,19,20). The van der Waals surface area contributed by atoms with Crippen LogP contribution in [0.5, 0.6) is 0 Å². The Morgan fingerprint density at radius 1 is 1.15 bits per heavy atom. The fraction of sp³-hybridized carbons (Fsp3) is 0.188. The number of nitrogens with two attached hydrogens (primary N) is 1. The number of carbonyl (C=O) groups is 1. The summed E-state index contributed by atoms with van der Waals surface area (Å²) in [5.41, 5.74) is 7.50. The third kappa shape index (κ3) is 2.25. The van der Waals surface area contributed by atoms with Gasteiger partial charge in [-0.2, -0.15) is 0 Å². The van der Waals surface area contributed by atoms with Gasteiger partial charge in [0.2, 0.25) is 5.91 Å². The number of carbonyl (C=O) groups excluding carboxylic acids is 1. The zero-order chi connectivity index (χ0) is 14.2. The third-order valence-corrected chi connectivity index (χ3v) is 4.07. The topological polar surface area (TPSA) is 55.1 Å². The predicted octanol–water partition coefficient (Wildman–Crippen LogP) is 3.59. The number of hydrogen-bond acceptors (Lipinski definition) is 2. The first-order valence-electron chi connectivity index (χ1n) is 6.54. The third-order valence-electron chi connectivity index (χ3n) is 3.75. The van der Waals surface area contributed by atoms with Gasteiger partial charge in [-0.1, -0.05) is 41.9 Å². The molecule has 0 aliphatic heterocycles. The molecule has 3 N–H and O–H groups in total. The second-order valence-electron chi connectivity index (χ2n) is 5.14. The largest absolute Gasteiger partial charge is 0.399 e. The van der Waals surface area contributed by atoms with Crippen LogP contribution in [-0.2, 0) is 10.2 Å². The number of rotatable bonds is 3. The van der Waals surface area contributed by atoms with Crippen molar-refractivity contribution in [1.29, 1.82) is 0 Å². The Labute approximate surface area is 122 Å². The van der Waals surface area contributed by atoms with Crippen LogP contribution in [-0.4, -0.2) is 5.91 Å². The summed E-state index contributed by atoms with van der Waals surface area (Å²) in [6, 6.07) is 15.0. The molecule has 4 heteroatoms. The molecule has 1 amide bonds. The molecule has 0 bridgehead atoms. The summed E-state index contributed by atoms with van der Waals surface area (Å²) in [6.07, 6.45) is 1.74. The number of amides is 1. The maximum Gasteiger partial charge on any atom is 0.235 e. The van der Waals surface area contributed by atoms with Crippen LogP contribution in [0.1, 0.15) is 18.4 Å². The normalized spacial score (nSPS) is 15.7. The lowest BCUT2D eigenvalue weighted by Crippen LogP contribution is -2.27. The van der Waals surface area contributed by atoms with Gasteiger partial charge < -0.3 is 11.1 Å². The van der Waals surface area contributed by atoms with Gasteiger partial charge in [-0.05, 0) is 36.6 Å². The van der Waals surface area contributed by atoms with E-state index in [4.69, 9.17) is 17.3 Å². The van der Waals surface area contributed by atoms with Gasteiger partial charge in [0.1, 0.15) is 0 Å². The highest BCUT2D eigenvalue weighted by atomic mass is 35.5. The lowest BCUT2D eigenvalue weighted by molar-refractivity contribution is -0.118. The van der Waals surface area contributed by atoms with Gasteiger partial charge in [-0.25, -0.2) is 0 Å². The molecule has 1 aliphatic carbocycles. The van der Waals surface area contributed by atoms with Crippen LogP contribution in [0, 0.1) is 0 Å². The van der Waals surface area contributed by atoms with Crippen molar-refractivity contribution in [3.63, 3.8) is 0 Å². The fourth-order valence-electron chi connectivity index (χ4n) is 2.40. The Morgan fingerprint density at radius 3 is 2.45 bits per heavy atom. The van der Waals surface area contributed by atoms with Crippen LogP contribution in [0.4, 0.5) is 11.4 Å². The summed E-state index contributed by atoms with van der Waals surface area (Å²) in [6.45, 7) is 0. The van der Waals surface area contributed by atoms with E-state index in [2.05, 4.69) is 5.32 Å². The second kappa shape index (κ2) is 4.84. The van der Waals surface area contributed by atoms with Crippen molar-refractivity contribution in [1.82, 2.24) is 0 Å². The van der Waals surface area contributed by atoms with Crippen molar-refractivity contribution in [2.45, 2.75) is 18.3 Å². The molecular formula is C16H15ClN2O. The maximum absolute atomic E-state index is 12.5. The summed E-state index contributed by atoms with van der Waals surface area (Å²) >= 11 is 6.10. The Balaban J connectivity index is 1.83. The average Bonchev–Trinajstić information content (AvgIpc) is 3.24. The van der Waals surface area contributed by atoms with Crippen LogP contribution >= 0.6 is 11.6 Å². The van der Waals surface area contributed by atoms with Crippen molar-refractivity contribution in [2.24, 2.45) is 0 Å². The zero-order valence-corrected chi connectivity index (χ0v) is 11.7. The number of anilines is 2. The zero-order valence-electron chi connectivity index (χ0n) is 10.9. The molecule has 0 saturated heterocycles. The first-order chi connectivity index (χ1) is 9.62. The number of benzene rings is 2. The van der Waals surface area contributed by atoms with E-state index < -0.39 is 5.41 Å². The van der Waals surface area contributed by atoms with E-state index in [-0.39, 0.29) is 5.91 Å². The van der Waals surface area contributed by atoms with E-state index in [1.54, 1.807) is 18.2 Å². The van der Waals surface area contributed by atoms with E-state index in [1.807, 2.05) is 30.3 Å². The second-order valence-corrected chi connectivity index (χ2v) is 5.55. The van der Waals surface area contributed by atoms with E-state index >= 15 is 0 Å². The van der Waals surface area contributed by atoms with Crippen molar-refractivity contribution in [2.75, 3.05) is 11.1 Å². The quantitative estimate of drug-likeness (QED) is 0.847. The van der Waals surface area contributed by atoms with Crippen LogP contribution in [0.25, 0.3) is 0 Å². The highest BCUT2D eigenvalue weighted by molar-refractivity contribution is 6.34. The summed E-state index contributed by atoms with van der Waals surface area (Å²) in [4.78, 5) is 12.5. The Morgan fingerprint density at radius 2 is 1.85 bits per heavy atom. The minimum Gasteiger partial charge on any atom is -0.399 e. The van der Waals surface area contributed by atoms with Crippen LogP contribution in [0.3, 0.4) is 0 Å². The minimum absolute atomic E-state index is 0.00429. The van der Waals surface area contributed by atoms with Gasteiger partial charge in [0.15, 0.2) is 0 Å². The fourth-order valence-corrected chi connectivity index (χ4v) is 2.64. The molecule has 3 nitrogen and oxygen atoms in total. The molecule has 2 aromatic carbocycles. The van der Waals surface area contributed by atoms with E-state index in [0.717, 1.165) is 18.4 Å². The van der Waals surface area contributed by atoms with E-state index in [1.165, 1.54) is 0 Å². The van der Waals surface area contributed by atoms with Gasteiger partial charge in [-0.3, -0.25) is 4.79 Å². The number of nitrogens with one attached hydrogen (secondary N) is 1. The molecule has 2 aromatic rings. The Kier molecular flexibility index (Phi) is 3.14. The van der Waals surface area contributed by atoms with E-state index in [0.29, 0.717) is 16.4 Å². The van der Waals surface area contributed by atoms with Crippen molar-refractivity contribution < 1.29 is 4.79 Å². The molecule has 0 aromatic heterocycles. The van der Waals surface area contributed by atoms with Crippen LogP contribution in [0.15, 0.2) is 48.5 Å². The van der Waals surface area contributed by atoms with Crippen LogP contribution < -0.4 is 11.1 Å². The molecular weight excluding hydrogens is 272 g/mol. The van der Waals surface area contributed by atoms with Crippen molar-refractivity contribution >= 4 is 28.9 Å². The van der Waals surface area contributed by atoms with Crippen molar-refractivity contribution in [3.8, 4) is 0 Å². The molecule has 1 saturated carbocycles. The molecule has 0 atom stereocenters. The molecule has 102 valence electrons. The summed E-state index contributed by atoms with van der Waals surface area (Å²) in [7, 11) is 0. The van der Waals surface area contributed by atoms with Crippen molar-refractivity contribution in [3.05, 3.63) is 59.1 Å². The van der Waals surface area contributed by atoms with Crippen LogP contribution in [0.2, 0.25) is 5.02 Å². The van der Waals surface area contributed by atoms with Gasteiger partial charge in [-0.15, -0.1) is 0 Å². The van der Waals surface area contributed by atoms with Gasteiger partial charge in [0.05, 0.1) is 16.1 Å². The van der Waals surface area contributed by atoms with Gasteiger partial charge >= 0.3 is 0 Å². The first-order valence-corrected chi connectivity index (χ1v) is 6.92. The first kappa shape index (κ1) is 13.0. The van der Waals surface area contributed by atoms with Gasteiger partial charge in [0, 0.05) is 5.69 Å². The molecule has 0 radical (unpaired) electrons. The summed E-state index contributed by atoms with van der Waals surface area (Å²) in [5, 5.41) is 3.37. The monoisotopic (exact) mass is 286 g/mol. The predicted molar refractivity (Wildman–Crippen MR) is 81.8 cm³/mol. The molecule has 20 heavy (non-hydrogen) atoms. The van der Waals surface area contributed by atoms with Gasteiger partial charge in [0.25, 0.3) is 0 Å². The summed E-state index contributed by atoms with van der Waals surface area (Å²) < 4.78 is 0. The number of hydrogen-bond donors (Lipinski definition) is 2.